The maximum Gasteiger partial charge on any atom is 0.252 e. The van der Waals surface area contributed by atoms with E-state index in [9.17, 15) is 0 Å². The molecule has 0 radical (unpaired) electrons. The molecule has 7 heteroatoms. The second kappa shape index (κ2) is 6.33. The van der Waals surface area contributed by atoms with Gasteiger partial charge in [-0.2, -0.15) is 4.98 Å². The van der Waals surface area contributed by atoms with Gasteiger partial charge in [0.2, 0.25) is 0 Å². The van der Waals surface area contributed by atoms with Gasteiger partial charge in [-0.3, -0.25) is 0 Å². The molecule has 3 heterocycles. The summed E-state index contributed by atoms with van der Waals surface area (Å²) in [5.41, 5.74) is 4.10. The molecular formula is C18H18N6S. The summed E-state index contributed by atoms with van der Waals surface area (Å²) in [5.74, 6) is 1.40. The SMILES string of the molecule is Cc1cc(C)n2nc(C(C)Sc3ncc(-c4ccccc4)[nH]3)nc2n1. The van der Waals surface area contributed by atoms with Gasteiger partial charge in [-0.05, 0) is 32.4 Å². The molecule has 0 saturated heterocycles. The van der Waals surface area contributed by atoms with Crippen LogP contribution in [0, 0.1) is 13.8 Å². The van der Waals surface area contributed by atoms with Crippen LogP contribution < -0.4 is 0 Å². The number of nitrogens with one attached hydrogen (secondary N) is 1. The monoisotopic (exact) mass is 350 g/mol. The Labute approximate surface area is 149 Å². The van der Waals surface area contributed by atoms with Crippen molar-refractivity contribution in [2.45, 2.75) is 31.2 Å². The van der Waals surface area contributed by atoms with Gasteiger partial charge in [-0.25, -0.2) is 14.5 Å². The third-order valence-corrected chi connectivity index (χ3v) is 4.92. The van der Waals surface area contributed by atoms with E-state index >= 15 is 0 Å². The van der Waals surface area contributed by atoms with Gasteiger partial charge in [-0.15, -0.1) is 5.10 Å². The summed E-state index contributed by atoms with van der Waals surface area (Å²) in [7, 11) is 0. The zero-order valence-electron chi connectivity index (χ0n) is 14.3. The molecule has 4 rings (SSSR count). The van der Waals surface area contributed by atoms with Crippen LogP contribution in [0.4, 0.5) is 0 Å². The van der Waals surface area contributed by atoms with Crippen LogP contribution in [0.3, 0.4) is 0 Å². The van der Waals surface area contributed by atoms with E-state index < -0.39 is 0 Å². The van der Waals surface area contributed by atoms with E-state index in [4.69, 9.17) is 0 Å². The number of rotatable bonds is 4. The summed E-state index contributed by atoms with van der Waals surface area (Å²) in [4.78, 5) is 16.9. The van der Waals surface area contributed by atoms with Crippen molar-refractivity contribution >= 4 is 17.5 Å². The number of aromatic nitrogens is 6. The minimum absolute atomic E-state index is 0.0659. The van der Waals surface area contributed by atoms with Crippen molar-refractivity contribution in [3.05, 3.63) is 59.8 Å². The molecule has 0 aliphatic carbocycles. The topological polar surface area (TPSA) is 71.8 Å². The number of hydrogen-bond acceptors (Lipinski definition) is 5. The van der Waals surface area contributed by atoms with Crippen molar-refractivity contribution in [2.75, 3.05) is 0 Å². The maximum atomic E-state index is 4.59. The molecule has 126 valence electrons. The van der Waals surface area contributed by atoms with Crippen LogP contribution >= 0.6 is 11.8 Å². The van der Waals surface area contributed by atoms with E-state index in [1.165, 1.54) is 0 Å². The fourth-order valence-corrected chi connectivity index (χ4v) is 3.52. The van der Waals surface area contributed by atoms with Crippen LogP contribution in [0.5, 0.6) is 0 Å². The van der Waals surface area contributed by atoms with Gasteiger partial charge in [-0.1, -0.05) is 42.1 Å². The highest BCUT2D eigenvalue weighted by Crippen LogP contribution is 2.32. The summed E-state index contributed by atoms with van der Waals surface area (Å²) in [6, 6.07) is 12.2. The van der Waals surface area contributed by atoms with Crippen molar-refractivity contribution in [3.8, 4) is 11.3 Å². The number of nitrogens with zero attached hydrogens (tertiary/aromatic N) is 5. The molecule has 0 fully saturated rings. The summed E-state index contributed by atoms with van der Waals surface area (Å²) < 4.78 is 1.79. The lowest BCUT2D eigenvalue weighted by Gasteiger charge is -2.03. The first-order valence-corrected chi connectivity index (χ1v) is 8.96. The zero-order chi connectivity index (χ0) is 17.4. The van der Waals surface area contributed by atoms with Crippen molar-refractivity contribution in [1.82, 2.24) is 29.5 Å². The molecule has 1 unspecified atom stereocenters. The van der Waals surface area contributed by atoms with E-state index in [2.05, 4.69) is 44.1 Å². The lowest BCUT2D eigenvalue weighted by atomic mass is 10.2. The number of aryl methyl sites for hydroxylation is 2. The molecule has 1 aromatic carbocycles. The van der Waals surface area contributed by atoms with Gasteiger partial charge in [0.15, 0.2) is 11.0 Å². The third-order valence-electron chi connectivity index (χ3n) is 3.92. The van der Waals surface area contributed by atoms with Gasteiger partial charge in [0, 0.05) is 11.4 Å². The van der Waals surface area contributed by atoms with Crippen LogP contribution in [-0.2, 0) is 0 Å². The number of thioether (sulfide) groups is 1. The second-order valence-electron chi connectivity index (χ2n) is 5.95. The van der Waals surface area contributed by atoms with Crippen LogP contribution in [0.25, 0.3) is 17.0 Å². The average Bonchev–Trinajstić information content (AvgIpc) is 3.22. The van der Waals surface area contributed by atoms with Gasteiger partial charge >= 0.3 is 0 Å². The van der Waals surface area contributed by atoms with Gasteiger partial charge in [0.05, 0.1) is 17.1 Å². The predicted octanol–water partition coefficient (Wildman–Crippen LogP) is 3.98. The van der Waals surface area contributed by atoms with Crippen LogP contribution in [-0.4, -0.2) is 29.5 Å². The summed E-state index contributed by atoms with van der Waals surface area (Å²) in [5, 5.41) is 5.51. The Kier molecular flexibility index (Phi) is 4.01. The standard InChI is InChI=1S/C18H18N6S/c1-11-9-12(2)24-17(20-11)22-16(23-24)13(3)25-18-19-10-15(21-18)14-7-5-4-6-8-14/h4-10,13H,1-3H3,(H,19,21). The summed E-state index contributed by atoms with van der Waals surface area (Å²) in [6.07, 6.45) is 1.86. The minimum Gasteiger partial charge on any atom is -0.333 e. The van der Waals surface area contributed by atoms with Crippen LogP contribution in [0.2, 0.25) is 0 Å². The largest absolute Gasteiger partial charge is 0.333 e. The van der Waals surface area contributed by atoms with Crippen molar-refractivity contribution in [3.63, 3.8) is 0 Å². The number of aromatic amines is 1. The molecule has 4 aromatic rings. The molecule has 0 bridgehead atoms. The quantitative estimate of drug-likeness (QED) is 0.564. The molecule has 0 saturated carbocycles. The fraction of sp³-hybridized carbons (Fsp3) is 0.222. The first kappa shape index (κ1) is 15.8. The number of hydrogen-bond donors (Lipinski definition) is 1. The zero-order valence-corrected chi connectivity index (χ0v) is 15.1. The van der Waals surface area contributed by atoms with Gasteiger partial charge < -0.3 is 4.98 Å². The lowest BCUT2D eigenvalue weighted by Crippen LogP contribution is -1.98. The number of benzene rings is 1. The molecule has 25 heavy (non-hydrogen) atoms. The normalized spacial score (nSPS) is 12.6. The molecule has 3 aromatic heterocycles. The molecular weight excluding hydrogens is 332 g/mol. The summed E-state index contributed by atoms with van der Waals surface area (Å²) in [6.45, 7) is 6.05. The van der Waals surface area contributed by atoms with Crippen LogP contribution in [0.15, 0.2) is 47.8 Å². The molecule has 0 spiro atoms. The van der Waals surface area contributed by atoms with Crippen LogP contribution in [0.1, 0.15) is 29.4 Å². The fourth-order valence-electron chi connectivity index (χ4n) is 2.70. The van der Waals surface area contributed by atoms with E-state index in [1.54, 1.807) is 16.3 Å². The number of fused-ring (bicyclic) bond motifs is 1. The Morgan fingerprint density at radius 2 is 1.92 bits per heavy atom. The lowest BCUT2D eigenvalue weighted by molar-refractivity contribution is 0.838. The average molecular weight is 350 g/mol. The predicted molar refractivity (Wildman–Crippen MR) is 98.6 cm³/mol. The second-order valence-corrected chi connectivity index (χ2v) is 7.28. The first-order chi connectivity index (χ1) is 12.1. The van der Waals surface area contributed by atoms with E-state index in [1.807, 2.05) is 44.3 Å². The Bertz CT molecular complexity index is 1020. The molecule has 1 N–H and O–H groups in total. The highest BCUT2D eigenvalue weighted by Gasteiger charge is 2.17. The van der Waals surface area contributed by atoms with Crippen molar-refractivity contribution < 1.29 is 0 Å². The molecule has 0 aliphatic rings. The highest BCUT2D eigenvalue weighted by molar-refractivity contribution is 7.99. The number of H-pyrrole nitrogens is 1. The smallest absolute Gasteiger partial charge is 0.252 e. The highest BCUT2D eigenvalue weighted by atomic mass is 32.2. The van der Waals surface area contributed by atoms with Crippen molar-refractivity contribution in [1.29, 1.82) is 0 Å². The summed E-state index contributed by atoms with van der Waals surface area (Å²) >= 11 is 1.60. The van der Waals surface area contributed by atoms with E-state index in [-0.39, 0.29) is 5.25 Å². The minimum atomic E-state index is 0.0659. The third kappa shape index (κ3) is 3.15. The molecule has 6 nitrogen and oxygen atoms in total. The molecule has 0 aliphatic heterocycles. The Balaban J connectivity index is 1.57. The molecule has 0 amide bonds. The Hall–Kier alpha value is -2.67. The molecule has 1 atom stereocenters. The van der Waals surface area contributed by atoms with E-state index in [0.717, 1.165) is 33.6 Å². The first-order valence-electron chi connectivity index (χ1n) is 8.08. The van der Waals surface area contributed by atoms with Gasteiger partial charge in [0.1, 0.15) is 0 Å². The maximum absolute atomic E-state index is 4.59. The van der Waals surface area contributed by atoms with Crippen molar-refractivity contribution in [2.24, 2.45) is 0 Å². The number of imidazole rings is 1. The van der Waals surface area contributed by atoms with E-state index in [0.29, 0.717) is 5.78 Å². The Morgan fingerprint density at radius 1 is 1.12 bits per heavy atom. The van der Waals surface area contributed by atoms with Gasteiger partial charge in [0.25, 0.3) is 5.78 Å². The Morgan fingerprint density at radius 3 is 2.72 bits per heavy atom.